The molecule has 0 radical (unpaired) electrons. The van der Waals surface area contributed by atoms with Gasteiger partial charge in [-0.2, -0.15) is 5.10 Å². The van der Waals surface area contributed by atoms with Gasteiger partial charge in [0.1, 0.15) is 0 Å². The summed E-state index contributed by atoms with van der Waals surface area (Å²) in [7, 11) is 3.95. The highest BCUT2D eigenvalue weighted by atomic mass is 79.9. The summed E-state index contributed by atoms with van der Waals surface area (Å²) in [5.74, 6) is 0. The van der Waals surface area contributed by atoms with Crippen LogP contribution >= 0.6 is 27.3 Å². The van der Waals surface area contributed by atoms with Crippen molar-refractivity contribution in [1.29, 1.82) is 0 Å². The summed E-state index contributed by atoms with van der Waals surface area (Å²) in [6.45, 7) is 0.963. The Hall–Kier alpha value is -0.650. The first-order valence-corrected chi connectivity index (χ1v) is 6.80. The number of likely N-dealkylation sites (N-methyl/N-ethyl adjacent to an activating group) is 1. The van der Waals surface area contributed by atoms with Gasteiger partial charge in [0.25, 0.3) is 0 Å². The molecule has 3 nitrogen and oxygen atoms in total. The molecule has 2 heterocycles. The normalized spacial score (nSPS) is 10.9. The predicted octanol–water partition coefficient (Wildman–Crippen LogP) is 2.67. The molecule has 0 amide bonds. The quantitative estimate of drug-likeness (QED) is 0.941. The Morgan fingerprint density at radius 3 is 2.94 bits per heavy atom. The Kier molecular flexibility index (Phi) is 3.78. The van der Waals surface area contributed by atoms with Crippen LogP contribution in [-0.2, 0) is 13.5 Å². The lowest BCUT2D eigenvalue weighted by atomic mass is 10.2. The van der Waals surface area contributed by atoms with E-state index in [0.717, 1.165) is 23.1 Å². The zero-order valence-corrected chi connectivity index (χ0v) is 11.7. The molecule has 0 aromatic carbocycles. The molecule has 0 aliphatic carbocycles. The zero-order chi connectivity index (χ0) is 11.5. The number of aryl methyl sites for hydroxylation is 1. The summed E-state index contributed by atoms with van der Waals surface area (Å²) in [5, 5.41) is 9.73. The molecule has 5 heteroatoms. The molecule has 0 fully saturated rings. The van der Waals surface area contributed by atoms with Crippen molar-refractivity contribution in [3.05, 3.63) is 27.7 Å². The standard InChI is InChI=1S/C11H14BrN3S/c1-13-4-3-9-6-10(15(2)14-9)11-5-8(12)7-16-11/h5-7,13H,3-4H2,1-2H3. The molecule has 86 valence electrons. The van der Waals surface area contributed by atoms with Crippen molar-refractivity contribution >= 4 is 27.3 Å². The molecule has 0 saturated carbocycles. The average molecular weight is 300 g/mol. The van der Waals surface area contributed by atoms with E-state index in [-0.39, 0.29) is 0 Å². The molecule has 16 heavy (non-hydrogen) atoms. The van der Waals surface area contributed by atoms with E-state index in [4.69, 9.17) is 0 Å². The van der Waals surface area contributed by atoms with Gasteiger partial charge in [0.2, 0.25) is 0 Å². The molecule has 0 aliphatic rings. The summed E-state index contributed by atoms with van der Waals surface area (Å²) in [5.41, 5.74) is 2.32. The topological polar surface area (TPSA) is 29.9 Å². The van der Waals surface area contributed by atoms with E-state index in [9.17, 15) is 0 Å². The number of halogens is 1. The summed E-state index contributed by atoms with van der Waals surface area (Å²) in [4.78, 5) is 1.25. The van der Waals surface area contributed by atoms with E-state index in [2.05, 4.69) is 43.9 Å². The van der Waals surface area contributed by atoms with Crippen LogP contribution in [0.3, 0.4) is 0 Å². The first-order valence-electron chi connectivity index (χ1n) is 5.12. The Bertz CT molecular complexity index is 475. The van der Waals surface area contributed by atoms with Crippen molar-refractivity contribution in [3.63, 3.8) is 0 Å². The molecule has 0 saturated heterocycles. The van der Waals surface area contributed by atoms with Crippen LogP contribution < -0.4 is 5.32 Å². The lowest BCUT2D eigenvalue weighted by Crippen LogP contribution is -2.10. The maximum Gasteiger partial charge on any atom is 0.0781 e. The number of thiophene rings is 1. The van der Waals surface area contributed by atoms with Crippen LogP contribution in [0.2, 0.25) is 0 Å². The second-order valence-electron chi connectivity index (χ2n) is 3.63. The monoisotopic (exact) mass is 299 g/mol. The summed E-state index contributed by atoms with van der Waals surface area (Å²) in [6.07, 6.45) is 0.969. The molecule has 1 N–H and O–H groups in total. The van der Waals surface area contributed by atoms with Crippen molar-refractivity contribution < 1.29 is 0 Å². The third kappa shape index (κ3) is 2.53. The average Bonchev–Trinajstić information content (AvgIpc) is 2.82. The molecule has 2 rings (SSSR count). The highest BCUT2D eigenvalue weighted by molar-refractivity contribution is 9.10. The van der Waals surface area contributed by atoms with E-state index in [1.807, 2.05) is 18.8 Å². The minimum atomic E-state index is 0.963. The Labute approximate surface area is 108 Å². The maximum atomic E-state index is 4.50. The van der Waals surface area contributed by atoms with Crippen molar-refractivity contribution in [1.82, 2.24) is 15.1 Å². The first-order chi connectivity index (χ1) is 7.70. The molecule has 0 atom stereocenters. The molecular weight excluding hydrogens is 286 g/mol. The summed E-state index contributed by atoms with van der Waals surface area (Å²) < 4.78 is 3.08. The predicted molar refractivity (Wildman–Crippen MR) is 71.9 cm³/mol. The Morgan fingerprint density at radius 1 is 1.50 bits per heavy atom. The lowest BCUT2D eigenvalue weighted by Gasteiger charge is -1.95. The van der Waals surface area contributed by atoms with Gasteiger partial charge in [-0.25, -0.2) is 0 Å². The van der Waals surface area contributed by atoms with Gasteiger partial charge in [0, 0.05) is 29.9 Å². The molecule has 0 bridgehead atoms. The van der Waals surface area contributed by atoms with Crippen molar-refractivity contribution in [2.75, 3.05) is 13.6 Å². The van der Waals surface area contributed by atoms with Crippen LogP contribution in [0.1, 0.15) is 5.69 Å². The van der Waals surface area contributed by atoms with Gasteiger partial charge >= 0.3 is 0 Å². The van der Waals surface area contributed by atoms with Gasteiger partial charge in [-0.05, 0) is 35.1 Å². The molecule has 2 aromatic heterocycles. The van der Waals surface area contributed by atoms with Gasteiger partial charge in [-0.3, -0.25) is 4.68 Å². The summed E-state index contributed by atoms with van der Waals surface area (Å²) >= 11 is 5.20. The van der Waals surface area contributed by atoms with Crippen LogP contribution in [0.4, 0.5) is 0 Å². The minimum absolute atomic E-state index is 0.963. The van der Waals surface area contributed by atoms with Crippen LogP contribution in [0.5, 0.6) is 0 Å². The molecule has 0 aliphatic heterocycles. The molecule has 2 aromatic rings. The van der Waals surface area contributed by atoms with Gasteiger partial charge in [-0.15, -0.1) is 11.3 Å². The Balaban J connectivity index is 2.24. The third-order valence-electron chi connectivity index (χ3n) is 2.38. The van der Waals surface area contributed by atoms with Gasteiger partial charge in [-0.1, -0.05) is 0 Å². The Morgan fingerprint density at radius 2 is 2.31 bits per heavy atom. The molecule has 0 unspecified atom stereocenters. The molecular formula is C11H14BrN3S. The van der Waals surface area contributed by atoms with Crippen molar-refractivity contribution in [2.24, 2.45) is 7.05 Å². The van der Waals surface area contributed by atoms with Crippen LogP contribution in [0.25, 0.3) is 10.6 Å². The fourth-order valence-corrected chi connectivity index (χ4v) is 3.06. The fraction of sp³-hybridized carbons (Fsp3) is 0.364. The van der Waals surface area contributed by atoms with Crippen LogP contribution in [0.15, 0.2) is 22.0 Å². The maximum absolute atomic E-state index is 4.50. The highest BCUT2D eigenvalue weighted by Gasteiger charge is 2.08. The first kappa shape index (κ1) is 11.8. The van der Waals surface area contributed by atoms with Gasteiger partial charge in [0.15, 0.2) is 0 Å². The number of hydrogen-bond acceptors (Lipinski definition) is 3. The highest BCUT2D eigenvalue weighted by Crippen LogP contribution is 2.29. The van der Waals surface area contributed by atoms with Crippen LogP contribution in [0, 0.1) is 0 Å². The smallest absolute Gasteiger partial charge is 0.0781 e. The number of nitrogens with one attached hydrogen (secondary N) is 1. The fourth-order valence-electron chi connectivity index (χ4n) is 1.58. The second kappa shape index (κ2) is 5.12. The number of aromatic nitrogens is 2. The van der Waals surface area contributed by atoms with E-state index in [0.29, 0.717) is 0 Å². The number of rotatable bonds is 4. The molecule has 0 spiro atoms. The van der Waals surface area contributed by atoms with Gasteiger partial charge < -0.3 is 5.32 Å². The van der Waals surface area contributed by atoms with E-state index < -0.39 is 0 Å². The van der Waals surface area contributed by atoms with E-state index in [1.165, 1.54) is 10.6 Å². The zero-order valence-electron chi connectivity index (χ0n) is 9.33. The minimum Gasteiger partial charge on any atom is -0.319 e. The van der Waals surface area contributed by atoms with E-state index in [1.54, 1.807) is 11.3 Å². The largest absolute Gasteiger partial charge is 0.319 e. The van der Waals surface area contributed by atoms with Crippen LogP contribution in [-0.4, -0.2) is 23.4 Å². The SMILES string of the molecule is CNCCc1cc(-c2cc(Br)cs2)n(C)n1. The van der Waals surface area contributed by atoms with Crippen molar-refractivity contribution in [3.8, 4) is 10.6 Å². The lowest BCUT2D eigenvalue weighted by molar-refractivity contribution is 0.721. The van der Waals surface area contributed by atoms with Crippen molar-refractivity contribution in [2.45, 2.75) is 6.42 Å². The number of nitrogens with zero attached hydrogens (tertiary/aromatic N) is 2. The second-order valence-corrected chi connectivity index (χ2v) is 5.45. The third-order valence-corrected chi connectivity index (χ3v) is 4.10. The number of hydrogen-bond donors (Lipinski definition) is 1. The van der Waals surface area contributed by atoms with E-state index >= 15 is 0 Å². The van der Waals surface area contributed by atoms with Gasteiger partial charge in [0.05, 0.1) is 16.3 Å². The summed E-state index contributed by atoms with van der Waals surface area (Å²) in [6, 6.07) is 4.29.